The lowest BCUT2D eigenvalue weighted by atomic mass is 10.2. The number of nitriles is 1. The van der Waals surface area contributed by atoms with Crippen molar-refractivity contribution in [1.82, 2.24) is 10.2 Å². The molecule has 3 rings (SSSR count). The van der Waals surface area contributed by atoms with Crippen LogP contribution in [0.2, 0.25) is 5.02 Å². The number of rotatable bonds is 7. The zero-order valence-corrected chi connectivity index (χ0v) is 18.2. The molecular weight excluding hydrogens is 484 g/mol. The molecule has 0 aliphatic rings. The number of nitrogens with one attached hydrogen (secondary N) is 1. The first kappa shape index (κ1) is 20.6. The number of benzene rings is 2. The summed E-state index contributed by atoms with van der Waals surface area (Å²) in [5, 5.41) is 20.3. The maximum atomic E-state index is 12.0. The van der Waals surface area contributed by atoms with E-state index in [-0.39, 0.29) is 12.5 Å². The van der Waals surface area contributed by atoms with Gasteiger partial charge in [-0.25, -0.2) is 0 Å². The number of nitrogens with zero attached hydrogens (tertiary/aromatic N) is 3. The van der Waals surface area contributed by atoms with Crippen molar-refractivity contribution in [3.8, 4) is 11.8 Å². The molecule has 0 aliphatic carbocycles. The minimum atomic E-state index is -0.348. The van der Waals surface area contributed by atoms with Gasteiger partial charge in [0.2, 0.25) is 5.13 Å². The van der Waals surface area contributed by atoms with Crippen LogP contribution >= 0.6 is 50.6 Å². The zero-order valence-electron chi connectivity index (χ0n) is 14.2. The van der Waals surface area contributed by atoms with Crippen molar-refractivity contribution in [2.45, 2.75) is 10.1 Å². The molecule has 142 valence electrons. The van der Waals surface area contributed by atoms with Crippen molar-refractivity contribution in [3.63, 3.8) is 0 Å². The molecule has 0 bridgehead atoms. The minimum absolute atomic E-state index is 0.186. The van der Waals surface area contributed by atoms with Crippen molar-refractivity contribution in [2.24, 2.45) is 0 Å². The Labute approximate surface area is 183 Å². The third-order valence-corrected chi connectivity index (χ3v) is 6.18. The van der Waals surface area contributed by atoms with E-state index in [9.17, 15) is 4.79 Å². The van der Waals surface area contributed by atoms with E-state index in [2.05, 4.69) is 37.5 Å². The summed E-state index contributed by atoms with van der Waals surface area (Å²) in [6.45, 7) is -0.186. The second-order valence-electron chi connectivity index (χ2n) is 5.38. The molecule has 1 amide bonds. The van der Waals surface area contributed by atoms with E-state index in [1.165, 1.54) is 23.1 Å². The average molecular weight is 496 g/mol. The fraction of sp³-hybridized carbons (Fsp3) is 0.111. The van der Waals surface area contributed by atoms with Gasteiger partial charge in [0.1, 0.15) is 5.75 Å². The number of carbonyl (C=O) groups excluding carboxylic acids is 1. The van der Waals surface area contributed by atoms with Gasteiger partial charge >= 0.3 is 0 Å². The molecule has 1 heterocycles. The summed E-state index contributed by atoms with van der Waals surface area (Å²) in [5.41, 5.74) is 1.70. The molecule has 0 unspecified atom stereocenters. The molecule has 6 nitrogen and oxygen atoms in total. The van der Waals surface area contributed by atoms with Gasteiger partial charge in [0.15, 0.2) is 10.9 Å². The quantitative estimate of drug-likeness (QED) is 0.361. The molecule has 0 aliphatic heterocycles. The molecular formula is C18H12BrClN4O2S2. The number of halogens is 2. The molecule has 0 atom stereocenters. The highest BCUT2D eigenvalue weighted by Crippen LogP contribution is 2.29. The smallest absolute Gasteiger partial charge is 0.264 e. The van der Waals surface area contributed by atoms with Crippen molar-refractivity contribution >= 4 is 61.7 Å². The SMILES string of the molecule is N#Cc1ccc(CSc2nnc(NC(=O)COc3ccc(Br)cc3Cl)s2)cc1. The summed E-state index contributed by atoms with van der Waals surface area (Å²) >= 11 is 12.2. The molecule has 1 N–H and O–H groups in total. The zero-order chi connectivity index (χ0) is 19.9. The van der Waals surface area contributed by atoms with Gasteiger partial charge in [-0.3, -0.25) is 10.1 Å². The van der Waals surface area contributed by atoms with Crippen molar-refractivity contribution < 1.29 is 9.53 Å². The number of thioether (sulfide) groups is 1. The van der Waals surface area contributed by atoms with Gasteiger partial charge in [0.05, 0.1) is 16.7 Å². The molecule has 0 radical (unpaired) electrons. The summed E-state index contributed by atoms with van der Waals surface area (Å²) in [6.07, 6.45) is 0. The average Bonchev–Trinajstić information content (AvgIpc) is 3.13. The second-order valence-corrected chi connectivity index (χ2v) is 8.90. The number of hydrogen-bond acceptors (Lipinski definition) is 7. The van der Waals surface area contributed by atoms with Gasteiger partial charge in [-0.1, -0.05) is 62.8 Å². The highest BCUT2D eigenvalue weighted by Gasteiger charge is 2.11. The highest BCUT2D eigenvalue weighted by molar-refractivity contribution is 9.10. The monoisotopic (exact) mass is 494 g/mol. The lowest BCUT2D eigenvalue weighted by Gasteiger charge is -2.07. The maximum absolute atomic E-state index is 12.0. The number of aromatic nitrogens is 2. The van der Waals surface area contributed by atoms with E-state index in [1.54, 1.807) is 30.3 Å². The predicted molar refractivity (Wildman–Crippen MR) is 114 cm³/mol. The van der Waals surface area contributed by atoms with Crippen LogP contribution in [0.4, 0.5) is 5.13 Å². The standard InChI is InChI=1S/C18H12BrClN4O2S2/c19-13-5-6-15(14(20)7-13)26-9-16(25)22-17-23-24-18(28-17)27-10-12-3-1-11(8-21)2-4-12/h1-7H,9-10H2,(H,22,23,25). The third kappa shape index (κ3) is 5.94. The first-order valence-corrected chi connectivity index (χ1v) is 10.8. The van der Waals surface area contributed by atoms with Crippen molar-refractivity contribution in [1.29, 1.82) is 5.26 Å². The normalized spacial score (nSPS) is 10.3. The van der Waals surface area contributed by atoms with Crippen LogP contribution in [0.25, 0.3) is 0 Å². The fourth-order valence-electron chi connectivity index (χ4n) is 2.03. The lowest BCUT2D eigenvalue weighted by molar-refractivity contribution is -0.118. The maximum Gasteiger partial charge on any atom is 0.264 e. The Balaban J connectivity index is 1.48. The molecule has 10 heteroatoms. The van der Waals surface area contributed by atoms with Crippen molar-refractivity contribution in [2.75, 3.05) is 11.9 Å². The molecule has 0 spiro atoms. The number of amides is 1. The van der Waals surface area contributed by atoms with Gasteiger partial charge in [0.25, 0.3) is 5.91 Å². The summed E-state index contributed by atoms with van der Waals surface area (Å²) in [6, 6.07) is 14.6. The van der Waals surface area contributed by atoms with Crippen LogP contribution in [-0.4, -0.2) is 22.7 Å². The highest BCUT2D eigenvalue weighted by atomic mass is 79.9. The van der Waals surface area contributed by atoms with Crippen LogP contribution in [0.3, 0.4) is 0 Å². The van der Waals surface area contributed by atoms with Gasteiger partial charge < -0.3 is 4.74 Å². The van der Waals surface area contributed by atoms with E-state index < -0.39 is 0 Å². The van der Waals surface area contributed by atoms with E-state index in [4.69, 9.17) is 21.6 Å². The molecule has 0 fully saturated rings. The molecule has 3 aromatic rings. The molecule has 0 saturated heterocycles. The van der Waals surface area contributed by atoms with Gasteiger partial charge in [-0.05, 0) is 35.9 Å². The number of carbonyl (C=O) groups is 1. The third-order valence-electron chi connectivity index (χ3n) is 3.35. The molecule has 1 aromatic heterocycles. The largest absolute Gasteiger partial charge is 0.482 e. The number of anilines is 1. The van der Waals surface area contributed by atoms with E-state index in [1.807, 2.05) is 12.1 Å². The second kappa shape index (κ2) is 9.89. The van der Waals surface area contributed by atoms with Gasteiger partial charge in [-0.15, -0.1) is 10.2 Å². The predicted octanol–water partition coefficient (Wildman–Crippen LogP) is 5.14. The van der Waals surface area contributed by atoms with E-state index >= 15 is 0 Å². The summed E-state index contributed by atoms with van der Waals surface area (Å²) in [7, 11) is 0. The van der Waals surface area contributed by atoms with Crippen LogP contribution in [0.1, 0.15) is 11.1 Å². The molecule has 28 heavy (non-hydrogen) atoms. The van der Waals surface area contributed by atoms with Crippen LogP contribution < -0.4 is 10.1 Å². The lowest BCUT2D eigenvalue weighted by Crippen LogP contribution is -2.20. The summed E-state index contributed by atoms with van der Waals surface area (Å²) in [5.74, 6) is 0.772. The van der Waals surface area contributed by atoms with Gasteiger partial charge in [0, 0.05) is 10.2 Å². The number of ether oxygens (including phenoxy) is 1. The van der Waals surface area contributed by atoms with Gasteiger partial charge in [-0.2, -0.15) is 5.26 Å². The van der Waals surface area contributed by atoms with Crippen LogP contribution in [0.5, 0.6) is 5.75 Å². The number of hydrogen-bond donors (Lipinski definition) is 1. The van der Waals surface area contributed by atoms with E-state index in [0.29, 0.717) is 27.2 Å². The summed E-state index contributed by atoms with van der Waals surface area (Å²) < 4.78 is 6.98. The Bertz CT molecular complexity index is 1020. The Hall–Kier alpha value is -2.12. The Kier molecular flexibility index (Phi) is 7.28. The van der Waals surface area contributed by atoms with Crippen LogP contribution in [0.15, 0.2) is 51.3 Å². The first-order chi connectivity index (χ1) is 13.5. The molecule has 2 aromatic carbocycles. The summed E-state index contributed by atoms with van der Waals surface area (Å²) in [4.78, 5) is 12.0. The Morgan fingerprint density at radius 3 is 2.79 bits per heavy atom. The van der Waals surface area contributed by atoms with Crippen molar-refractivity contribution in [3.05, 3.63) is 63.1 Å². The van der Waals surface area contributed by atoms with Crippen LogP contribution in [-0.2, 0) is 10.5 Å². The van der Waals surface area contributed by atoms with Crippen LogP contribution in [0, 0.1) is 11.3 Å². The Morgan fingerprint density at radius 1 is 1.29 bits per heavy atom. The Morgan fingerprint density at radius 2 is 2.07 bits per heavy atom. The fourth-order valence-corrected chi connectivity index (χ4v) is 4.48. The topological polar surface area (TPSA) is 87.9 Å². The van der Waals surface area contributed by atoms with E-state index in [0.717, 1.165) is 14.4 Å². The molecule has 0 saturated carbocycles. The minimum Gasteiger partial charge on any atom is -0.482 e. The first-order valence-electron chi connectivity index (χ1n) is 7.86.